The molecule has 2 saturated heterocycles. The maximum Gasteiger partial charge on any atom is 0.123 e. The van der Waals surface area contributed by atoms with Gasteiger partial charge in [0.15, 0.2) is 0 Å². The Morgan fingerprint density at radius 3 is 2.64 bits per heavy atom. The molecule has 2 heterocycles. The van der Waals surface area contributed by atoms with Gasteiger partial charge >= 0.3 is 0 Å². The molecule has 3 atom stereocenters. The molecule has 3 rings (SSSR count). The van der Waals surface area contributed by atoms with Gasteiger partial charge in [0.1, 0.15) is 5.82 Å². The fraction of sp³-hybridized carbons (Fsp3) is 0.700. The van der Waals surface area contributed by atoms with E-state index in [1.54, 1.807) is 12.1 Å². The van der Waals surface area contributed by atoms with Gasteiger partial charge in [0, 0.05) is 44.5 Å². The Hall–Kier alpha value is -1.17. The highest BCUT2D eigenvalue weighted by atomic mass is 19.1. The molecule has 0 saturated carbocycles. The third kappa shape index (κ3) is 4.72. The Labute approximate surface area is 151 Å². The van der Waals surface area contributed by atoms with Crippen LogP contribution in [0.5, 0.6) is 0 Å². The van der Waals surface area contributed by atoms with Crippen LogP contribution >= 0.6 is 0 Å². The SMILES string of the molecule is CCN1CCN(c2ccc(F)cc2[C@H](C)NC[C@H]2CC[C@H](C)O2)CC1. The minimum Gasteiger partial charge on any atom is -0.374 e. The molecule has 0 spiro atoms. The van der Waals surface area contributed by atoms with Crippen molar-refractivity contribution < 1.29 is 9.13 Å². The summed E-state index contributed by atoms with van der Waals surface area (Å²) in [5, 5.41) is 3.56. The lowest BCUT2D eigenvalue weighted by Crippen LogP contribution is -2.46. The van der Waals surface area contributed by atoms with Crippen LogP contribution in [0.3, 0.4) is 0 Å². The van der Waals surface area contributed by atoms with Gasteiger partial charge in [-0.05, 0) is 57.0 Å². The summed E-state index contributed by atoms with van der Waals surface area (Å²) in [7, 11) is 0. The summed E-state index contributed by atoms with van der Waals surface area (Å²) < 4.78 is 19.8. The van der Waals surface area contributed by atoms with E-state index in [2.05, 4.69) is 35.9 Å². The third-order valence-electron chi connectivity index (χ3n) is 5.59. The van der Waals surface area contributed by atoms with E-state index in [9.17, 15) is 4.39 Å². The molecular weight excluding hydrogens is 317 g/mol. The lowest BCUT2D eigenvalue weighted by Gasteiger charge is -2.37. The Bertz CT molecular complexity index is 560. The van der Waals surface area contributed by atoms with Crippen molar-refractivity contribution in [1.29, 1.82) is 0 Å². The van der Waals surface area contributed by atoms with Crippen molar-refractivity contribution in [3.05, 3.63) is 29.6 Å². The molecular formula is C20H32FN3O. The van der Waals surface area contributed by atoms with Crippen molar-refractivity contribution in [3.8, 4) is 0 Å². The maximum absolute atomic E-state index is 13.9. The first-order valence-corrected chi connectivity index (χ1v) is 9.72. The Balaban J connectivity index is 1.66. The van der Waals surface area contributed by atoms with Crippen molar-refractivity contribution in [2.45, 2.75) is 51.9 Å². The summed E-state index contributed by atoms with van der Waals surface area (Å²) in [6, 6.07) is 5.32. The molecule has 0 bridgehead atoms. The molecule has 2 fully saturated rings. The number of piperazine rings is 1. The van der Waals surface area contributed by atoms with Gasteiger partial charge in [-0.15, -0.1) is 0 Å². The first-order valence-electron chi connectivity index (χ1n) is 9.72. The molecule has 2 aliphatic rings. The highest BCUT2D eigenvalue weighted by molar-refractivity contribution is 5.55. The number of benzene rings is 1. The van der Waals surface area contributed by atoms with E-state index in [1.165, 1.54) is 0 Å². The second kappa shape index (κ2) is 8.47. The summed E-state index contributed by atoms with van der Waals surface area (Å²) >= 11 is 0. The molecule has 4 nitrogen and oxygen atoms in total. The molecule has 140 valence electrons. The Morgan fingerprint density at radius 2 is 2.00 bits per heavy atom. The number of likely N-dealkylation sites (N-methyl/N-ethyl adjacent to an activating group) is 1. The number of nitrogens with zero attached hydrogens (tertiary/aromatic N) is 2. The maximum atomic E-state index is 13.9. The molecule has 2 aliphatic heterocycles. The van der Waals surface area contributed by atoms with Gasteiger partial charge in [-0.2, -0.15) is 0 Å². The van der Waals surface area contributed by atoms with Gasteiger partial charge in [0.05, 0.1) is 12.2 Å². The zero-order chi connectivity index (χ0) is 17.8. The highest BCUT2D eigenvalue weighted by Gasteiger charge is 2.24. The molecule has 0 unspecified atom stereocenters. The van der Waals surface area contributed by atoms with E-state index in [4.69, 9.17) is 4.74 Å². The molecule has 25 heavy (non-hydrogen) atoms. The van der Waals surface area contributed by atoms with Gasteiger partial charge in [-0.3, -0.25) is 0 Å². The van der Waals surface area contributed by atoms with Crippen molar-refractivity contribution in [1.82, 2.24) is 10.2 Å². The van der Waals surface area contributed by atoms with Crippen LogP contribution in [-0.4, -0.2) is 56.4 Å². The summed E-state index contributed by atoms with van der Waals surface area (Å²) in [6.07, 6.45) is 2.88. The Morgan fingerprint density at radius 1 is 1.24 bits per heavy atom. The molecule has 0 aromatic heterocycles. The third-order valence-corrected chi connectivity index (χ3v) is 5.59. The number of nitrogens with one attached hydrogen (secondary N) is 1. The van der Waals surface area contributed by atoms with E-state index in [-0.39, 0.29) is 18.0 Å². The lowest BCUT2D eigenvalue weighted by atomic mass is 10.0. The van der Waals surface area contributed by atoms with Crippen LogP contribution in [0.15, 0.2) is 18.2 Å². The van der Waals surface area contributed by atoms with Crippen LogP contribution in [0, 0.1) is 5.82 Å². The fourth-order valence-electron chi connectivity index (χ4n) is 3.92. The normalized spacial score (nSPS) is 26.2. The van der Waals surface area contributed by atoms with Crippen LogP contribution in [0.4, 0.5) is 10.1 Å². The molecule has 1 N–H and O–H groups in total. The quantitative estimate of drug-likeness (QED) is 0.854. The molecule has 5 heteroatoms. The molecule has 0 amide bonds. The number of hydrogen-bond acceptors (Lipinski definition) is 4. The average molecular weight is 349 g/mol. The Kier molecular flexibility index (Phi) is 6.31. The largest absolute Gasteiger partial charge is 0.374 e. The van der Waals surface area contributed by atoms with E-state index in [0.717, 1.165) is 63.4 Å². The summed E-state index contributed by atoms with van der Waals surface area (Å²) in [4.78, 5) is 4.85. The van der Waals surface area contributed by atoms with Crippen LogP contribution < -0.4 is 10.2 Å². The van der Waals surface area contributed by atoms with Gasteiger partial charge in [0.2, 0.25) is 0 Å². The summed E-state index contributed by atoms with van der Waals surface area (Å²) in [6.45, 7) is 12.5. The summed E-state index contributed by atoms with van der Waals surface area (Å²) in [5.74, 6) is -0.162. The van der Waals surface area contributed by atoms with Gasteiger partial charge in [-0.25, -0.2) is 4.39 Å². The predicted molar refractivity (Wildman–Crippen MR) is 101 cm³/mol. The van der Waals surface area contributed by atoms with Gasteiger partial charge in [-0.1, -0.05) is 6.92 Å². The van der Waals surface area contributed by atoms with Crippen LogP contribution in [0.25, 0.3) is 0 Å². The number of halogens is 1. The van der Waals surface area contributed by atoms with Crippen molar-refractivity contribution in [2.24, 2.45) is 0 Å². The zero-order valence-electron chi connectivity index (χ0n) is 15.8. The number of ether oxygens (including phenoxy) is 1. The molecule has 1 aromatic rings. The van der Waals surface area contributed by atoms with E-state index >= 15 is 0 Å². The summed E-state index contributed by atoms with van der Waals surface area (Å²) in [5.41, 5.74) is 2.22. The minimum atomic E-state index is -0.162. The monoisotopic (exact) mass is 349 g/mol. The topological polar surface area (TPSA) is 27.7 Å². The predicted octanol–water partition coefficient (Wildman–Crippen LogP) is 3.19. The van der Waals surface area contributed by atoms with Crippen LogP contribution in [0.1, 0.15) is 45.2 Å². The average Bonchev–Trinajstić information content (AvgIpc) is 3.05. The number of rotatable bonds is 6. The smallest absolute Gasteiger partial charge is 0.123 e. The molecule has 0 aliphatic carbocycles. The van der Waals surface area contributed by atoms with Crippen molar-refractivity contribution in [3.63, 3.8) is 0 Å². The van der Waals surface area contributed by atoms with Gasteiger partial charge < -0.3 is 19.9 Å². The van der Waals surface area contributed by atoms with Gasteiger partial charge in [0.25, 0.3) is 0 Å². The zero-order valence-corrected chi connectivity index (χ0v) is 15.8. The van der Waals surface area contributed by atoms with Crippen LogP contribution in [0.2, 0.25) is 0 Å². The number of anilines is 1. The molecule has 0 radical (unpaired) electrons. The van der Waals surface area contributed by atoms with Crippen LogP contribution in [-0.2, 0) is 4.74 Å². The van der Waals surface area contributed by atoms with Crippen molar-refractivity contribution >= 4 is 5.69 Å². The van der Waals surface area contributed by atoms with E-state index in [1.807, 2.05) is 6.07 Å². The minimum absolute atomic E-state index is 0.106. The first kappa shape index (κ1) is 18.6. The molecule has 1 aromatic carbocycles. The second-order valence-corrected chi connectivity index (χ2v) is 7.40. The standard InChI is InChI=1S/C20H32FN3O/c1-4-23-9-11-24(12-10-23)20-8-6-17(21)13-19(20)16(3)22-14-18-7-5-15(2)25-18/h6,8,13,15-16,18,22H,4-5,7,9-12,14H2,1-3H3/t15-,16-,18+/m0/s1. The van der Waals surface area contributed by atoms with E-state index < -0.39 is 0 Å². The van der Waals surface area contributed by atoms with Crippen molar-refractivity contribution in [2.75, 3.05) is 44.2 Å². The van der Waals surface area contributed by atoms with E-state index in [0.29, 0.717) is 6.10 Å². The number of hydrogen-bond donors (Lipinski definition) is 1. The highest BCUT2D eigenvalue weighted by Crippen LogP contribution is 2.29. The first-order chi connectivity index (χ1) is 12.1. The second-order valence-electron chi connectivity index (χ2n) is 7.40. The lowest BCUT2D eigenvalue weighted by molar-refractivity contribution is 0.0546. The fourth-order valence-corrected chi connectivity index (χ4v) is 3.92.